The highest BCUT2D eigenvalue weighted by Gasteiger charge is 2.33. The summed E-state index contributed by atoms with van der Waals surface area (Å²) in [5.74, 6) is 1.84. The Bertz CT molecular complexity index is 1110. The maximum Gasteiger partial charge on any atom is 0.257 e. The Morgan fingerprint density at radius 1 is 1.09 bits per heavy atom. The number of fused-ring (bicyclic) bond motifs is 1. The molecule has 0 unspecified atom stereocenters. The lowest BCUT2D eigenvalue weighted by atomic mass is 9.98. The van der Waals surface area contributed by atoms with Crippen LogP contribution in [0.4, 0.5) is 5.82 Å². The molecule has 0 bridgehead atoms. The van der Waals surface area contributed by atoms with E-state index in [0.29, 0.717) is 5.56 Å². The molecular weight excluding hydrogens is 400 g/mol. The molecular formula is C25H30N6O. The summed E-state index contributed by atoms with van der Waals surface area (Å²) in [6.45, 7) is 4.64. The number of nitrogens with zero attached hydrogens (tertiary/aromatic N) is 6. The van der Waals surface area contributed by atoms with Crippen LogP contribution in [0, 0.1) is 6.92 Å². The van der Waals surface area contributed by atoms with E-state index in [0.717, 1.165) is 69.1 Å². The highest BCUT2D eigenvalue weighted by molar-refractivity contribution is 5.94. The van der Waals surface area contributed by atoms with Gasteiger partial charge in [-0.1, -0.05) is 30.3 Å². The van der Waals surface area contributed by atoms with Crippen LogP contribution >= 0.6 is 0 Å². The molecule has 2 aromatic heterocycles. The lowest BCUT2D eigenvalue weighted by Crippen LogP contribution is -2.40. The van der Waals surface area contributed by atoms with Crippen LogP contribution in [-0.2, 0) is 20.0 Å². The third-order valence-electron chi connectivity index (χ3n) is 6.59. The molecule has 32 heavy (non-hydrogen) atoms. The number of hydrogen-bond donors (Lipinski definition) is 0. The number of carbonyl (C=O) groups excluding carboxylic acids is 1. The lowest BCUT2D eigenvalue weighted by Gasteiger charge is -2.36. The zero-order valence-corrected chi connectivity index (χ0v) is 18.9. The molecule has 1 amide bonds. The Balaban J connectivity index is 1.48. The van der Waals surface area contributed by atoms with Gasteiger partial charge in [-0.2, -0.15) is 5.10 Å². The van der Waals surface area contributed by atoms with Crippen LogP contribution in [0.2, 0.25) is 0 Å². The maximum absolute atomic E-state index is 13.3. The lowest BCUT2D eigenvalue weighted by molar-refractivity contribution is 0.0599. The molecule has 1 atom stereocenters. The van der Waals surface area contributed by atoms with E-state index < -0.39 is 0 Å². The van der Waals surface area contributed by atoms with E-state index in [9.17, 15) is 4.79 Å². The molecule has 7 nitrogen and oxygen atoms in total. The van der Waals surface area contributed by atoms with Gasteiger partial charge < -0.3 is 9.80 Å². The number of hydrogen-bond acceptors (Lipinski definition) is 5. The molecule has 0 saturated carbocycles. The quantitative estimate of drug-likeness (QED) is 0.629. The molecule has 3 aromatic rings. The first-order valence-corrected chi connectivity index (χ1v) is 11.6. The van der Waals surface area contributed by atoms with Crippen molar-refractivity contribution in [2.24, 2.45) is 7.05 Å². The van der Waals surface area contributed by atoms with Crippen molar-refractivity contribution < 1.29 is 4.79 Å². The fourth-order valence-electron chi connectivity index (χ4n) is 4.96. The van der Waals surface area contributed by atoms with E-state index in [-0.39, 0.29) is 11.9 Å². The standard InChI is InChI=1S/C25H30N6O/c1-18-21-11-8-13-30(16-19-9-4-3-5-10-19)24(21)28-23(27-18)22-12-6-7-14-31(22)25(32)20-15-26-29(2)17-20/h3-5,9-10,15,17,22H,6-8,11-14,16H2,1-2H3/t22-/m0/s1. The fourth-order valence-corrected chi connectivity index (χ4v) is 4.96. The molecule has 166 valence electrons. The van der Waals surface area contributed by atoms with Crippen LogP contribution in [0.5, 0.6) is 0 Å². The van der Waals surface area contributed by atoms with Crippen molar-refractivity contribution in [2.75, 3.05) is 18.0 Å². The number of anilines is 1. The van der Waals surface area contributed by atoms with Gasteiger partial charge >= 0.3 is 0 Å². The molecule has 1 fully saturated rings. The smallest absolute Gasteiger partial charge is 0.257 e. The van der Waals surface area contributed by atoms with Crippen LogP contribution in [-0.4, -0.2) is 43.6 Å². The maximum atomic E-state index is 13.3. The van der Waals surface area contributed by atoms with Crippen LogP contribution in [0.1, 0.15) is 64.7 Å². The van der Waals surface area contributed by atoms with Crippen molar-refractivity contribution in [1.82, 2.24) is 24.6 Å². The Kier molecular flexibility index (Phi) is 5.64. The van der Waals surface area contributed by atoms with E-state index >= 15 is 0 Å². The van der Waals surface area contributed by atoms with Gasteiger partial charge in [-0.05, 0) is 44.6 Å². The second-order valence-electron chi connectivity index (χ2n) is 8.89. The summed E-state index contributed by atoms with van der Waals surface area (Å²) in [6, 6.07) is 10.5. The minimum atomic E-state index is -0.0963. The number of piperidine rings is 1. The summed E-state index contributed by atoms with van der Waals surface area (Å²) in [6.07, 6.45) is 8.53. The zero-order valence-electron chi connectivity index (χ0n) is 18.9. The number of carbonyl (C=O) groups is 1. The summed E-state index contributed by atoms with van der Waals surface area (Å²) >= 11 is 0. The average molecular weight is 431 g/mol. The Hall–Kier alpha value is -3.22. The number of aryl methyl sites for hydroxylation is 2. The topological polar surface area (TPSA) is 67.2 Å². The van der Waals surface area contributed by atoms with Crippen LogP contribution < -0.4 is 4.90 Å². The van der Waals surface area contributed by atoms with Gasteiger partial charge in [0, 0.05) is 44.1 Å². The molecule has 2 aliphatic heterocycles. The van der Waals surface area contributed by atoms with Gasteiger partial charge in [-0.3, -0.25) is 9.48 Å². The van der Waals surface area contributed by atoms with Crippen LogP contribution in [0.25, 0.3) is 0 Å². The van der Waals surface area contributed by atoms with Crippen LogP contribution in [0.3, 0.4) is 0 Å². The molecule has 1 saturated heterocycles. The summed E-state index contributed by atoms with van der Waals surface area (Å²) in [5, 5.41) is 4.18. The van der Waals surface area contributed by atoms with Crippen molar-refractivity contribution in [3.8, 4) is 0 Å². The molecule has 4 heterocycles. The van der Waals surface area contributed by atoms with Gasteiger partial charge in [0.15, 0.2) is 5.82 Å². The van der Waals surface area contributed by atoms with Gasteiger partial charge in [-0.25, -0.2) is 9.97 Å². The normalized spacial score (nSPS) is 18.5. The third-order valence-corrected chi connectivity index (χ3v) is 6.59. The van der Waals surface area contributed by atoms with E-state index in [4.69, 9.17) is 9.97 Å². The molecule has 0 spiro atoms. The van der Waals surface area contributed by atoms with E-state index in [1.165, 1.54) is 11.1 Å². The van der Waals surface area contributed by atoms with Crippen molar-refractivity contribution in [3.63, 3.8) is 0 Å². The molecule has 0 radical (unpaired) electrons. The second-order valence-corrected chi connectivity index (χ2v) is 8.89. The van der Waals surface area contributed by atoms with Gasteiger partial charge in [0.2, 0.25) is 0 Å². The Morgan fingerprint density at radius 2 is 1.94 bits per heavy atom. The first kappa shape index (κ1) is 20.7. The van der Waals surface area contributed by atoms with Crippen molar-refractivity contribution in [2.45, 2.75) is 51.6 Å². The molecule has 2 aliphatic rings. The number of aromatic nitrogens is 4. The molecule has 5 rings (SSSR count). The number of likely N-dealkylation sites (tertiary alicyclic amines) is 1. The van der Waals surface area contributed by atoms with Crippen molar-refractivity contribution >= 4 is 11.7 Å². The predicted molar refractivity (Wildman–Crippen MR) is 123 cm³/mol. The number of amides is 1. The van der Waals surface area contributed by atoms with Gasteiger partial charge in [0.05, 0.1) is 17.8 Å². The van der Waals surface area contributed by atoms with E-state index in [2.05, 4.69) is 47.3 Å². The second kappa shape index (κ2) is 8.73. The SMILES string of the molecule is Cc1nc([C@@H]2CCCCN2C(=O)c2cnn(C)c2)nc2c1CCCN2Cc1ccccc1. The highest BCUT2D eigenvalue weighted by atomic mass is 16.2. The minimum absolute atomic E-state index is 0.0166. The molecule has 7 heteroatoms. The first-order valence-electron chi connectivity index (χ1n) is 11.6. The summed E-state index contributed by atoms with van der Waals surface area (Å²) in [4.78, 5) is 27.6. The zero-order chi connectivity index (χ0) is 22.1. The van der Waals surface area contributed by atoms with E-state index in [1.807, 2.05) is 11.9 Å². The third kappa shape index (κ3) is 3.99. The van der Waals surface area contributed by atoms with Crippen molar-refractivity contribution in [1.29, 1.82) is 0 Å². The van der Waals surface area contributed by atoms with Gasteiger partial charge in [-0.15, -0.1) is 0 Å². The predicted octanol–water partition coefficient (Wildman–Crippen LogP) is 3.84. The van der Waals surface area contributed by atoms with Crippen molar-refractivity contribution in [3.05, 3.63) is 70.9 Å². The molecule has 0 aliphatic carbocycles. The fraction of sp³-hybridized carbons (Fsp3) is 0.440. The summed E-state index contributed by atoms with van der Waals surface area (Å²) < 4.78 is 1.67. The summed E-state index contributed by atoms with van der Waals surface area (Å²) in [5.41, 5.74) is 4.20. The minimum Gasteiger partial charge on any atom is -0.352 e. The average Bonchev–Trinajstić information content (AvgIpc) is 3.26. The molecule has 1 aromatic carbocycles. The Labute approximate surface area is 189 Å². The first-order chi connectivity index (χ1) is 15.6. The largest absolute Gasteiger partial charge is 0.352 e. The van der Waals surface area contributed by atoms with Gasteiger partial charge in [0.1, 0.15) is 5.82 Å². The van der Waals surface area contributed by atoms with E-state index in [1.54, 1.807) is 17.1 Å². The summed E-state index contributed by atoms with van der Waals surface area (Å²) in [7, 11) is 1.84. The van der Waals surface area contributed by atoms with Crippen LogP contribution in [0.15, 0.2) is 42.7 Å². The molecule has 0 N–H and O–H groups in total. The Morgan fingerprint density at radius 3 is 2.72 bits per heavy atom. The number of benzene rings is 1. The number of rotatable bonds is 4. The van der Waals surface area contributed by atoms with Gasteiger partial charge in [0.25, 0.3) is 5.91 Å². The highest BCUT2D eigenvalue weighted by Crippen LogP contribution is 2.34. The monoisotopic (exact) mass is 430 g/mol.